The van der Waals surface area contributed by atoms with Crippen LogP contribution in [0.3, 0.4) is 0 Å². The quantitative estimate of drug-likeness (QED) is 0.887. The third kappa shape index (κ3) is 3.01. The SMILES string of the molecule is Cc1sc2nc(CN3CCOCC3)nc(N3CC4CNC(C4)C3)c2c1C. The van der Waals surface area contributed by atoms with Crippen molar-refractivity contribution in [3.8, 4) is 0 Å². The first-order valence-electron chi connectivity index (χ1n) is 9.72. The van der Waals surface area contributed by atoms with Crippen LogP contribution < -0.4 is 10.2 Å². The number of anilines is 1. The Hall–Kier alpha value is -1.28. The van der Waals surface area contributed by atoms with Crippen LogP contribution in [0.25, 0.3) is 10.2 Å². The third-order valence-electron chi connectivity index (χ3n) is 6.06. The molecule has 2 atom stereocenters. The standard InChI is InChI=1S/C19H27N5OS/c1-12-13(2)26-19-17(12)18(24-9-14-7-15(10-24)20-8-14)21-16(22-19)11-23-3-5-25-6-4-23/h14-15,20H,3-11H2,1-2H3. The number of rotatable bonds is 3. The third-order valence-corrected chi connectivity index (χ3v) is 7.16. The largest absolute Gasteiger partial charge is 0.379 e. The Bertz CT molecular complexity index is 804. The van der Waals surface area contributed by atoms with Gasteiger partial charge in [-0.05, 0) is 31.7 Å². The summed E-state index contributed by atoms with van der Waals surface area (Å²) in [4.78, 5) is 17.5. The maximum atomic E-state index is 5.48. The Morgan fingerprint density at radius 3 is 2.85 bits per heavy atom. The van der Waals surface area contributed by atoms with E-state index in [-0.39, 0.29) is 0 Å². The van der Waals surface area contributed by atoms with E-state index in [0.29, 0.717) is 6.04 Å². The summed E-state index contributed by atoms with van der Waals surface area (Å²) in [5, 5.41) is 4.94. The summed E-state index contributed by atoms with van der Waals surface area (Å²) >= 11 is 1.81. The Morgan fingerprint density at radius 2 is 2.04 bits per heavy atom. The minimum atomic E-state index is 0.612. The van der Waals surface area contributed by atoms with Gasteiger partial charge in [0.2, 0.25) is 0 Å². The minimum absolute atomic E-state index is 0.612. The van der Waals surface area contributed by atoms with E-state index in [9.17, 15) is 0 Å². The van der Waals surface area contributed by atoms with Gasteiger partial charge in [-0.15, -0.1) is 11.3 Å². The molecule has 2 aromatic rings. The van der Waals surface area contributed by atoms with E-state index in [2.05, 4.69) is 29.0 Å². The number of morpholine rings is 1. The van der Waals surface area contributed by atoms with E-state index >= 15 is 0 Å². The number of nitrogens with one attached hydrogen (secondary N) is 1. The molecule has 0 aliphatic carbocycles. The molecule has 2 bridgehead atoms. The molecule has 1 N–H and O–H groups in total. The average molecular weight is 374 g/mol. The normalized spacial score (nSPS) is 26.8. The van der Waals surface area contributed by atoms with E-state index in [1.807, 2.05) is 11.3 Å². The van der Waals surface area contributed by atoms with E-state index in [1.165, 1.54) is 28.1 Å². The summed E-state index contributed by atoms with van der Waals surface area (Å²) in [7, 11) is 0. The van der Waals surface area contributed by atoms with Gasteiger partial charge < -0.3 is 15.0 Å². The van der Waals surface area contributed by atoms with Crippen LogP contribution in [-0.4, -0.2) is 66.8 Å². The summed E-state index contributed by atoms with van der Waals surface area (Å²) in [6.07, 6.45) is 1.31. The number of fused-ring (bicyclic) bond motifs is 3. The fourth-order valence-electron chi connectivity index (χ4n) is 4.54. The number of hydrogen-bond donors (Lipinski definition) is 1. The van der Waals surface area contributed by atoms with Gasteiger partial charge in [0.25, 0.3) is 0 Å². The molecule has 7 heteroatoms. The highest BCUT2D eigenvalue weighted by Crippen LogP contribution is 2.37. The summed E-state index contributed by atoms with van der Waals surface area (Å²) < 4.78 is 5.48. The zero-order valence-electron chi connectivity index (χ0n) is 15.6. The molecule has 0 saturated carbocycles. The Labute approximate surface area is 158 Å². The van der Waals surface area contributed by atoms with Crippen LogP contribution in [0.5, 0.6) is 0 Å². The summed E-state index contributed by atoms with van der Waals surface area (Å²) in [5.74, 6) is 2.88. The van der Waals surface area contributed by atoms with Crippen LogP contribution in [0.2, 0.25) is 0 Å². The smallest absolute Gasteiger partial charge is 0.146 e. The number of hydrogen-bond acceptors (Lipinski definition) is 7. The zero-order chi connectivity index (χ0) is 17.7. The van der Waals surface area contributed by atoms with Gasteiger partial charge in [0.15, 0.2) is 0 Å². The summed E-state index contributed by atoms with van der Waals surface area (Å²) in [6.45, 7) is 12.1. The number of aromatic nitrogens is 2. The molecule has 2 aromatic heterocycles. The summed E-state index contributed by atoms with van der Waals surface area (Å²) in [6, 6.07) is 0.612. The van der Waals surface area contributed by atoms with Crippen molar-refractivity contribution in [3.63, 3.8) is 0 Å². The molecular formula is C19H27N5OS. The van der Waals surface area contributed by atoms with Gasteiger partial charge in [-0.3, -0.25) is 4.90 Å². The Morgan fingerprint density at radius 1 is 1.19 bits per heavy atom. The number of ether oxygens (including phenoxy) is 1. The van der Waals surface area contributed by atoms with E-state index in [4.69, 9.17) is 14.7 Å². The lowest BCUT2D eigenvalue weighted by Crippen LogP contribution is -2.42. The second kappa shape index (κ2) is 6.71. The van der Waals surface area contributed by atoms with Crippen molar-refractivity contribution in [2.24, 2.45) is 5.92 Å². The molecule has 0 spiro atoms. The molecule has 0 amide bonds. The van der Waals surface area contributed by atoms with Crippen molar-refractivity contribution in [2.45, 2.75) is 32.9 Å². The molecule has 3 aliphatic rings. The van der Waals surface area contributed by atoms with Gasteiger partial charge in [-0.1, -0.05) is 0 Å². The second-order valence-electron chi connectivity index (χ2n) is 7.93. The number of nitrogens with zero attached hydrogens (tertiary/aromatic N) is 4. The molecule has 3 aliphatic heterocycles. The lowest BCUT2D eigenvalue weighted by atomic mass is 9.99. The molecule has 140 valence electrons. The number of thiophene rings is 1. The van der Waals surface area contributed by atoms with E-state index in [0.717, 1.165) is 69.1 Å². The van der Waals surface area contributed by atoms with Crippen LogP contribution in [0.15, 0.2) is 0 Å². The Balaban J connectivity index is 1.53. The van der Waals surface area contributed by atoms with Gasteiger partial charge in [0.1, 0.15) is 16.5 Å². The van der Waals surface area contributed by atoms with E-state index < -0.39 is 0 Å². The van der Waals surface area contributed by atoms with Crippen molar-refractivity contribution in [2.75, 3.05) is 50.8 Å². The first-order valence-corrected chi connectivity index (χ1v) is 10.5. The van der Waals surface area contributed by atoms with Gasteiger partial charge in [0, 0.05) is 43.6 Å². The average Bonchev–Trinajstić information content (AvgIpc) is 3.13. The fraction of sp³-hybridized carbons (Fsp3) is 0.684. The monoisotopic (exact) mass is 373 g/mol. The maximum absolute atomic E-state index is 5.48. The molecule has 26 heavy (non-hydrogen) atoms. The fourth-order valence-corrected chi connectivity index (χ4v) is 5.58. The minimum Gasteiger partial charge on any atom is -0.379 e. The molecule has 0 aromatic carbocycles. The van der Waals surface area contributed by atoms with Crippen molar-refractivity contribution in [1.82, 2.24) is 20.2 Å². The van der Waals surface area contributed by atoms with Crippen LogP contribution >= 0.6 is 11.3 Å². The molecule has 3 fully saturated rings. The number of aryl methyl sites for hydroxylation is 2. The molecule has 3 saturated heterocycles. The molecule has 6 nitrogen and oxygen atoms in total. The van der Waals surface area contributed by atoms with Crippen molar-refractivity contribution in [3.05, 3.63) is 16.3 Å². The van der Waals surface area contributed by atoms with Crippen LogP contribution in [-0.2, 0) is 11.3 Å². The van der Waals surface area contributed by atoms with Gasteiger partial charge in [0.05, 0.1) is 25.1 Å². The summed E-state index contributed by atoms with van der Waals surface area (Å²) in [5.41, 5.74) is 1.35. The van der Waals surface area contributed by atoms with Crippen LogP contribution in [0.4, 0.5) is 5.82 Å². The topological polar surface area (TPSA) is 53.5 Å². The van der Waals surface area contributed by atoms with E-state index in [1.54, 1.807) is 0 Å². The first kappa shape index (κ1) is 16.9. The van der Waals surface area contributed by atoms with Crippen molar-refractivity contribution < 1.29 is 4.74 Å². The molecule has 5 rings (SSSR count). The lowest BCUT2D eigenvalue weighted by Gasteiger charge is -2.33. The second-order valence-corrected chi connectivity index (χ2v) is 9.13. The molecule has 2 unspecified atom stereocenters. The molecule has 0 radical (unpaired) electrons. The predicted molar refractivity (Wildman–Crippen MR) is 105 cm³/mol. The zero-order valence-corrected chi connectivity index (χ0v) is 16.4. The van der Waals surface area contributed by atoms with Crippen molar-refractivity contribution in [1.29, 1.82) is 0 Å². The van der Waals surface area contributed by atoms with Crippen LogP contribution in [0, 0.1) is 19.8 Å². The van der Waals surface area contributed by atoms with Crippen molar-refractivity contribution >= 4 is 27.4 Å². The Kier molecular flexibility index (Phi) is 4.35. The predicted octanol–water partition coefficient (Wildman–Crippen LogP) is 1.94. The molecular weight excluding hydrogens is 346 g/mol. The highest BCUT2D eigenvalue weighted by molar-refractivity contribution is 7.18. The highest BCUT2D eigenvalue weighted by Gasteiger charge is 2.34. The molecule has 5 heterocycles. The first-order chi connectivity index (χ1) is 12.7. The van der Waals surface area contributed by atoms with Gasteiger partial charge >= 0.3 is 0 Å². The number of piperidine rings is 1. The van der Waals surface area contributed by atoms with Gasteiger partial charge in [-0.25, -0.2) is 9.97 Å². The maximum Gasteiger partial charge on any atom is 0.146 e. The highest BCUT2D eigenvalue weighted by atomic mass is 32.1. The van der Waals surface area contributed by atoms with Gasteiger partial charge in [-0.2, -0.15) is 0 Å². The van der Waals surface area contributed by atoms with Crippen LogP contribution in [0.1, 0.15) is 22.7 Å². The lowest BCUT2D eigenvalue weighted by molar-refractivity contribution is 0.0331.